The molecule has 10 nitrogen and oxygen atoms in total. The predicted molar refractivity (Wildman–Crippen MR) is 92.6 cm³/mol. The van der Waals surface area contributed by atoms with Gasteiger partial charge in [-0.1, -0.05) is 6.07 Å². The molecule has 0 aliphatic heterocycles. The van der Waals surface area contributed by atoms with Gasteiger partial charge in [-0.25, -0.2) is 9.97 Å². The largest absolute Gasteiger partial charge is 0.451 e. The molecule has 136 valence electrons. The van der Waals surface area contributed by atoms with Crippen LogP contribution in [0.2, 0.25) is 0 Å². The van der Waals surface area contributed by atoms with E-state index in [1.54, 1.807) is 25.5 Å². The lowest BCUT2D eigenvalue weighted by atomic mass is 10.2. The number of carbonyl (C=O) groups excluding carboxylic acids is 2. The highest BCUT2D eigenvalue weighted by Gasteiger charge is 2.20. The Labute approximate surface area is 149 Å². The third-order valence-corrected chi connectivity index (χ3v) is 3.26. The molecular weight excluding hydrogens is 342 g/mol. The van der Waals surface area contributed by atoms with Gasteiger partial charge in [0, 0.05) is 37.3 Å². The van der Waals surface area contributed by atoms with Crippen LogP contribution >= 0.6 is 0 Å². The van der Waals surface area contributed by atoms with Crippen molar-refractivity contribution in [3.8, 4) is 0 Å². The van der Waals surface area contributed by atoms with Crippen LogP contribution in [0.3, 0.4) is 0 Å². The number of nitro groups is 1. The summed E-state index contributed by atoms with van der Waals surface area (Å²) in [5.41, 5.74) is 0.0823. The van der Waals surface area contributed by atoms with Crippen molar-refractivity contribution in [3.63, 3.8) is 0 Å². The number of rotatable bonds is 7. The van der Waals surface area contributed by atoms with E-state index in [2.05, 4.69) is 15.3 Å². The van der Waals surface area contributed by atoms with Crippen LogP contribution in [-0.2, 0) is 14.3 Å². The van der Waals surface area contributed by atoms with Gasteiger partial charge in [0.1, 0.15) is 6.54 Å². The van der Waals surface area contributed by atoms with Crippen LogP contribution in [0.25, 0.3) is 0 Å². The summed E-state index contributed by atoms with van der Waals surface area (Å²) in [5.74, 6) is -0.891. The summed E-state index contributed by atoms with van der Waals surface area (Å²) >= 11 is 0. The van der Waals surface area contributed by atoms with Gasteiger partial charge in [0.05, 0.1) is 4.92 Å². The Morgan fingerprint density at radius 2 is 2.00 bits per heavy atom. The number of nitrogens with one attached hydrogen (secondary N) is 1. The van der Waals surface area contributed by atoms with Crippen LogP contribution in [0.1, 0.15) is 6.92 Å². The van der Waals surface area contributed by atoms with Gasteiger partial charge in [-0.2, -0.15) is 0 Å². The number of carbonyl (C=O) groups is 2. The molecule has 0 saturated heterocycles. The lowest BCUT2D eigenvalue weighted by Gasteiger charge is -2.18. The number of ether oxygens (including phenoxy) is 1. The van der Waals surface area contributed by atoms with Crippen LogP contribution in [0.5, 0.6) is 0 Å². The van der Waals surface area contributed by atoms with Crippen molar-refractivity contribution in [2.24, 2.45) is 0 Å². The second-order valence-electron chi connectivity index (χ2n) is 5.33. The highest BCUT2D eigenvalue weighted by molar-refractivity contribution is 5.95. The normalized spacial score (nSPS) is 11.3. The molecule has 0 aliphatic rings. The minimum atomic E-state index is -1.08. The summed E-state index contributed by atoms with van der Waals surface area (Å²) in [6.07, 6.45) is 2.00. The number of nitro benzene ring substituents is 1. The maximum absolute atomic E-state index is 12.1. The standard InChI is InChI=1S/C16H17N5O5/c1-11(15(23)19-12-5-3-6-13(9-12)21(24)25)26-14(22)10-20(2)16-17-7-4-8-18-16/h3-9,11H,10H2,1-2H3,(H,19,23). The number of amides is 1. The van der Waals surface area contributed by atoms with Gasteiger partial charge in [0.25, 0.3) is 11.6 Å². The minimum Gasteiger partial charge on any atom is -0.451 e. The molecule has 1 aromatic carbocycles. The monoisotopic (exact) mass is 359 g/mol. The SMILES string of the molecule is CC(OC(=O)CN(C)c1ncccn1)C(=O)Nc1cccc([N+](=O)[O-])c1. The first-order chi connectivity index (χ1) is 12.4. The highest BCUT2D eigenvalue weighted by Crippen LogP contribution is 2.17. The van der Waals surface area contributed by atoms with Crippen LogP contribution < -0.4 is 10.2 Å². The molecule has 0 saturated carbocycles. The van der Waals surface area contributed by atoms with E-state index in [9.17, 15) is 19.7 Å². The lowest BCUT2D eigenvalue weighted by molar-refractivity contribution is -0.384. The highest BCUT2D eigenvalue weighted by atomic mass is 16.6. The van der Waals surface area contributed by atoms with E-state index in [-0.39, 0.29) is 17.9 Å². The van der Waals surface area contributed by atoms with Crippen LogP contribution in [0, 0.1) is 10.1 Å². The fraction of sp³-hybridized carbons (Fsp3) is 0.250. The Morgan fingerprint density at radius 1 is 1.31 bits per heavy atom. The van der Waals surface area contributed by atoms with Crippen molar-refractivity contribution in [2.75, 3.05) is 23.8 Å². The topological polar surface area (TPSA) is 128 Å². The molecule has 26 heavy (non-hydrogen) atoms. The maximum atomic E-state index is 12.1. The summed E-state index contributed by atoms with van der Waals surface area (Å²) < 4.78 is 5.07. The van der Waals surface area contributed by atoms with Gasteiger partial charge in [-0.05, 0) is 19.1 Å². The summed E-state index contributed by atoms with van der Waals surface area (Å²) in [6, 6.07) is 7.11. The lowest BCUT2D eigenvalue weighted by Crippen LogP contribution is -2.35. The first-order valence-corrected chi connectivity index (χ1v) is 7.60. The van der Waals surface area contributed by atoms with E-state index in [1.165, 1.54) is 36.1 Å². The summed E-state index contributed by atoms with van der Waals surface area (Å²) in [4.78, 5) is 43.7. The zero-order chi connectivity index (χ0) is 19.1. The second kappa shape index (κ2) is 8.51. The molecule has 1 amide bonds. The van der Waals surface area contributed by atoms with Gasteiger partial charge in [-0.15, -0.1) is 0 Å². The molecule has 1 N–H and O–H groups in total. The molecule has 0 fully saturated rings. The fourth-order valence-corrected chi connectivity index (χ4v) is 1.98. The first kappa shape index (κ1) is 18.8. The van der Waals surface area contributed by atoms with Crippen molar-refractivity contribution >= 4 is 29.2 Å². The zero-order valence-corrected chi connectivity index (χ0v) is 14.2. The molecule has 0 spiro atoms. The quantitative estimate of drug-likeness (QED) is 0.446. The summed E-state index contributed by atoms with van der Waals surface area (Å²) in [7, 11) is 1.62. The second-order valence-corrected chi connectivity index (χ2v) is 5.33. The number of nitrogens with zero attached hydrogens (tertiary/aromatic N) is 4. The average Bonchev–Trinajstić information content (AvgIpc) is 2.62. The number of hydrogen-bond acceptors (Lipinski definition) is 8. The van der Waals surface area contributed by atoms with Crippen molar-refractivity contribution in [2.45, 2.75) is 13.0 Å². The van der Waals surface area contributed by atoms with Crippen LogP contribution in [-0.4, -0.2) is 46.5 Å². The van der Waals surface area contributed by atoms with Gasteiger partial charge < -0.3 is 15.0 Å². The van der Waals surface area contributed by atoms with Crippen molar-refractivity contribution in [1.29, 1.82) is 0 Å². The Morgan fingerprint density at radius 3 is 2.65 bits per heavy atom. The number of benzene rings is 1. The molecule has 1 heterocycles. The molecular formula is C16H17N5O5. The van der Waals surface area contributed by atoms with E-state index < -0.39 is 22.9 Å². The van der Waals surface area contributed by atoms with E-state index in [0.717, 1.165) is 0 Å². The Hall–Kier alpha value is -3.56. The first-order valence-electron chi connectivity index (χ1n) is 7.60. The van der Waals surface area contributed by atoms with Crippen molar-refractivity contribution in [3.05, 3.63) is 52.8 Å². The van der Waals surface area contributed by atoms with Gasteiger partial charge in [0.15, 0.2) is 6.10 Å². The Kier molecular flexibility index (Phi) is 6.15. The van der Waals surface area contributed by atoms with Gasteiger partial charge >= 0.3 is 5.97 Å². The number of aromatic nitrogens is 2. The van der Waals surface area contributed by atoms with Crippen molar-refractivity contribution < 1.29 is 19.2 Å². The molecule has 1 unspecified atom stereocenters. The number of non-ortho nitro benzene ring substituents is 1. The van der Waals surface area contributed by atoms with Crippen molar-refractivity contribution in [1.82, 2.24) is 9.97 Å². The predicted octanol–water partition coefficient (Wildman–Crippen LogP) is 1.39. The minimum absolute atomic E-state index is 0.140. The van der Waals surface area contributed by atoms with Gasteiger partial charge in [-0.3, -0.25) is 19.7 Å². The molecule has 0 bridgehead atoms. The van der Waals surface area contributed by atoms with E-state index >= 15 is 0 Å². The molecule has 1 atom stereocenters. The third-order valence-electron chi connectivity index (χ3n) is 3.26. The van der Waals surface area contributed by atoms with E-state index in [0.29, 0.717) is 5.95 Å². The van der Waals surface area contributed by atoms with Crippen LogP contribution in [0.4, 0.5) is 17.3 Å². The van der Waals surface area contributed by atoms with Gasteiger partial charge in [0.2, 0.25) is 5.95 Å². The maximum Gasteiger partial charge on any atom is 0.326 e. The number of esters is 1. The molecule has 2 aromatic rings. The number of likely N-dealkylation sites (N-methyl/N-ethyl adjacent to an activating group) is 1. The summed E-state index contributed by atoms with van der Waals surface area (Å²) in [5, 5.41) is 13.2. The molecule has 0 radical (unpaired) electrons. The smallest absolute Gasteiger partial charge is 0.326 e. The molecule has 10 heteroatoms. The average molecular weight is 359 g/mol. The van der Waals surface area contributed by atoms with Crippen LogP contribution in [0.15, 0.2) is 42.7 Å². The summed E-state index contributed by atoms with van der Waals surface area (Å²) in [6.45, 7) is 1.27. The zero-order valence-electron chi connectivity index (χ0n) is 14.2. The number of hydrogen-bond donors (Lipinski definition) is 1. The van der Waals surface area contributed by atoms with E-state index in [4.69, 9.17) is 4.74 Å². The molecule has 2 rings (SSSR count). The third kappa shape index (κ3) is 5.23. The van der Waals surface area contributed by atoms with E-state index in [1.807, 2.05) is 0 Å². The fourth-order valence-electron chi connectivity index (χ4n) is 1.98. The Bertz CT molecular complexity index is 799. The molecule has 0 aliphatic carbocycles. The molecule has 1 aromatic heterocycles. The Balaban J connectivity index is 1.89. The number of anilines is 2.